The second-order valence-electron chi connectivity index (χ2n) is 7.41. The smallest absolute Gasteiger partial charge is 0.238 e. The second-order valence-corrected chi connectivity index (χ2v) is 8.97. The van der Waals surface area contributed by atoms with Gasteiger partial charge in [-0.05, 0) is 35.4 Å². The molecule has 1 aliphatic rings. The summed E-state index contributed by atoms with van der Waals surface area (Å²) >= 11 is 0. The zero-order chi connectivity index (χ0) is 19.9. The van der Waals surface area contributed by atoms with Gasteiger partial charge in [-0.25, -0.2) is 23.2 Å². The molecule has 146 valence electrons. The Labute approximate surface area is 164 Å². The third-order valence-electron chi connectivity index (χ3n) is 4.87. The van der Waals surface area contributed by atoms with Gasteiger partial charge in [0.2, 0.25) is 10.0 Å². The minimum atomic E-state index is -3.72. The van der Waals surface area contributed by atoms with E-state index in [2.05, 4.69) is 43.0 Å². The molecule has 4 rings (SSSR count). The van der Waals surface area contributed by atoms with Gasteiger partial charge in [-0.3, -0.25) is 4.90 Å². The van der Waals surface area contributed by atoms with Crippen LogP contribution < -0.4 is 5.14 Å². The number of primary sulfonamides is 1. The van der Waals surface area contributed by atoms with Crippen LogP contribution in [0.3, 0.4) is 0 Å². The highest BCUT2D eigenvalue weighted by molar-refractivity contribution is 7.89. The Morgan fingerprint density at radius 2 is 1.64 bits per heavy atom. The summed E-state index contributed by atoms with van der Waals surface area (Å²) in [5, 5.41) is 9.89. The van der Waals surface area contributed by atoms with Gasteiger partial charge < -0.3 is 0 Å². The molecule has 0 saturated heterocycles. The third-order valence-corrected chi connectivity index (χ3v) is 5.80. The lowest BCUT2D eigenvalue weighted by Crippen LogP contribution is -2.16. The molecule has 0 atom stereocenters. The molecule has 1 aliphatic heterocycles. The summed E-state index contributed by atoms with van der Waals surface area (Å²) in [6, 6.07) is 14.8. The number of benzene rings is 2. The summed E-state index contributed by atoms with van der Waals surface area (Å²) in [6.45, 7) is 6.58. The number of hydrogen-bond donors (Lipinski definition) is 1. The lowest BCUT2D eigenvalue weighted by molar-refractivity contribution is 0.268. The zero-order valence-electron chi connectivity index (χ0n) is 15.9. The van der Waals surface area contributed by atoms with Crippen LogP contribution in [0.25, 0.3) is 5.69 Å². The molecule has 0 spiro atoms. The molecule has 0 radical (unpaired) electrons. The maximum Gasteiger partial charge on any atom is 0.238 e. The van der Waals surface area contributed by atoms with E-state index in [0.29, 0.717) is 6.54 Å². The van der Waals surface area contributed by atoms with E-state index in [-0.39, 0.29) is 10.8 Å². The number of hydrogen-bond acceptors (Lipinski definition) is 5. The van der Waals surface area contributed by atoms with Gasteiger partial charge in [0, 0.05) is 19.0 Å². The van der Waals surface area contributed by atoms with E-state index in [0.717, 1.165) is 30.4 Å². The molecule has 3 aromatic rings. The van der Waals surface area contributed by atoms with Crippen LogP contribution in [0.15, 0.2) is 53.4 Å². The Bertz CT molecular complexity index is 1080. The topological polar surface area (TPSA) is 94.1 Å². The monoisotopic (exact) mass is 397 g/mol. The first-order valence-electron chi connectivity index (χ1n) is 9.19. The molecule has 0 unspecified atom stereocenters. The number of fused-ring (bicyclic) bond motifs is 1. The number of nitrogens with zero attached hydrogens (tertiary/aromatic N) is 4. The van der Waals surface area contributed by atoms with E-state index < -0.39 is 10.0 Å². The van der Waals surface area contributed by atoms with Crippen molar-refractivity contribution < 1.29 is 8.42 Å². The van der Waals surface area contributed by atoms with Gasteiger partial charge in [0.05, 0.1) is 17.1 Å². The normalized spacial score (nSPS) is 14.6. The van der Waals surface area contributed by atoms with Crippen molar-refractivity contribution in [2.45, 2.75) is 44.3 Å². The van der Waals surface area contributed by atoms with E-state index in [1.807, 2.05) is 0 Å². The average molecular weight is 398 g/mol. The molecule has 8 heteroatoms. The summed E-state index contributed by atoms with van der Waals surface area (Å²) < 4.78 is 24.8. The highest BCUT2D eigenvalue weighted by Crippen LogP contribution is 2.24. The van der Waals surface area contributed by atoms with E-state index >= 15 is 0 Å². The fourth-order valence-electron chi connectivity index (χ4n) is 3.49. The highest BCUT2D eigenvalue weighted by atomic mass is 32.2. The van der Waals surface area contributed by atoms with Gasteiger partial charge in [-0.15, -0.1) is 5.10 Å². The van der Waals surface area contributed by atoms with Crippen molar-refractivity contribution >= 4 is 10.0 Å². The van der Waals surface area contributed by atoms with Crippen molar-refractivity contribution in [3.8, 4) is 5.69 Å². The highest BCUT2D eigenvalue weighted by Gasteiger charge is 2.22. The van der Waals surface area contributed by atoms with Gasteiger partial charge in [0.25, 0.3) is 0 Å². The minimum Gasteiger partial charge on any atom is -0.287 e. The number of rotatable bonds is 5. The van der Waals surface area contributed by atoms with E-state index in [1.165, 1.54) is 23.3 Å². The predicted molar refractivity (Wildman–Crippen MR) is 106 cm³/mol. The summed E-state index contributed by atoms with van der Waals surface area (Å²) in [5.41, 5.74) is 3.47. The second kappa shape index (κ2) is 7.12. The molecular weight excluding hydrogens is 374 g/mol. The Morgan fingerprint density at radius 1 is 1.04 bits per heavy atom. The van der Waals surface area contributed by atoms with Crippen LogP contribution in [0.1, 0.15) is 42.5 Å². The first-order valence-corrected chi connectivity index (χ1v) is 10.7. The average Bonchev–Trinajstić information content (AvgIpc) is 3.25. The van der Waals surface area contributed by atoms with Crippen molar-refractivity contribution in [3.63, 3.8) is 0 Å². The van der Waals surface area contributed by atoms with Crippen LogP contribution in [0.5, 0.6) is 0 Å². The Morgan fingerprint density at radius 3 is 2.18 bits per heavy atom. The third kappa shape index (κ3) is 3.71. The van der Waals surface area contributed by atoms with Gasteiger partial charge >= 0.3 is 0 Å². The van der Waals surface area contributed by atoms with Crippen LogP contribution in [0.4, 0.5) is 0 Å². The van der Waals surface area contributed by atoms with Crippen LogP contribution in [0.2, 0.25) is 0 Å². The maximum atomic E-state index is 11.5. The SMILES string of the molecule is CC(C)c1nc(CN2Cc3ccccc3C2)nn1-c1ccc(S(N)(=O)=O)cc1. The molecule has 2 heterocycles. The van der Waals surface area contributed by atoms with Gasteiger partial charge in [0.15, 0.2) is 5.82 Å². The lowest BCUT2D eigenvalue weighted by atomic mass is 10.1. The molecule has 7 nitrogen and oxygen atoms in total. The van der Waals surface area contributed by atoms with Crippen molar-refractivity contribution in [3.05, 3.63) is 71.3 Å². The number of nitrogens with two attached hydrogens (primary N) is 1. The number of aromatic nitrogens is 3. The summed E-state index contributed by atoms with van der Waals surface area (Å²) in [7, 11) is -3.72. The van der Waals surface area contributed by atoms with Gasteiger partial charge in [-0.1, -0.05) is 38.1 Å². The first-order chi connectivity index (χ1) is 13.3. The largest absolute Gasteiger partial charge is 0.287 e. The van der Waals surface area contributed by atoms with Crippen molar-refractivity contribution in [1.82, 2.24) is 19.7 Å². The Hall–Kier alpha value is -2.55. The Balaban J connectivity index is 1.60. The molecule has 0 amide bonds. The quantitative estimate of drug-likeness (QED) is 0.714. The zero-order valence-corrected chi connectivity index (χ0v) is 16.7. The minimum absolute atomic E-state index is 0.0810. The standard InChI is InChI=1S/C20H23N5O2S/c1-14(2)20-22-19(13-24-11-15-5-3-4-6-16(15)12-24)23-25(20)17-7-9-18(10-8-17)28(21,26)27/h3-10,14H,11-13H2,1-2H3,(H2,21,26,27). The van der Waals surface area contributed by atoms with Crippen LogP contribution in [-0.4, -0.2) is 28.1 Å². The molecular formula is C20H23N5O2S. The summed E-state index contributed by atoms with van der Waals surface area (Å²) in [4.78, 5) is 7.15. The van der Waals surface area contributed by atoms with Crippen LogP contribution in [0, 0.1) is 0 Å². The predicted octanol–water partition coefficient (Wildman–Crippen LogP) is 2.55. The molecule has 1 aromatic heterocycles. The molecule has 0 bridgehead atoms. The summed E-state index contributed by atoms with van der Waals surface area (Å²) in [6.07, 6.45) is 0. The first kappa shape index (κ1) is 18.8. The molecule has 2 aromatic carbocycles. The number of sulfonamides is 1. The lowest BCUT2D eigenvalue weighted by Gasteiger charge is -2.11. The van der Waals surface area contributed by atoms with E-state index in [1.54, 1.807) is 16.8 Å². The molecule has 0 fully saturated rings. The molecule has 28 heavy (non-hydrogen) atoms. The summed E-state index contributed by atoms with van der Waals surface area (Å²) in [5.74, 6) is 1.78. The van der Waals surface area contributed by atoms with Crippen LogP contribution in [-0.2, 0) is 29.7 Å². The van der Waals surface area contributed by atoms with Crippen molar-refractivity contribution in [2.24, 2.45) is 5.14 Å². The van der Waals surface area contributed by atoms with E-state index in [4.69, 9.17) is 15.2 Å². The fraction of sp³-hybridized carbons (Fsp3) is 0.300. The molecule has 0 aliphatic carbocycles. The van der Waals surface area contributed by atoms with E-state index in [9.17, 15) is 8.42 Å². The van der Waals surface area contributed by atoms with Gasteiger partial charge in [-0.2, -0.15) is 0 Å². The van der Waals surface area contributed by atoms with Crippen LogP contribution >= 0.6 is 0 Å². The van der Waals surface area contributed by atoms with Crippen molar-refractivity contribution in [1.29, 1.82) is 0 Å². The fourth-order valence-corrected chi connectivity index (χ4v) is 4.01. The molecule has 2 N–H and O–H groups in total. The maximum absolute atomic E-state index is 11.5. The van der Waals surface area contributed by atoms with Gasteiger partial charge in [0.1, 0.15) is 5.82 Å². The van der Waals surface area contributed by atoms with Crippen molar-refractivity contribution in [2.75, 3.05) is 0 Å². The molecule has 0 saturated carbocycles. The Kier molecular flexibility index (Phi) is 4.78.